The third-order valence-corrected chi connectivity index (χ3v) is 1.90. The minimum Gasteiger partial charge on any atom is -0.444 e. The lowest BCUT2D eigenvalue weighted by Crippen LogP contribution is -2.35. The molecular formula is C10H19N2O2. The summed E-state index contributed by atoms with van der Waals surface area (Å²) in [5, 5.41) is 2.62. The summed E-state index contributed by atoms with van der Waals surface area (Å²) < 4.78 is 5.09. The van der Waals surface area contributed by atoms with Crippen LogP contribution in [0.1, 0.15) is 33.6 Å². The molecule has 0 saturated carbocycles. The van der Waals surface area contributed by atoms with Gasteiger partial charge < -0.3 is 10.1 Å². The largest absolute Gasteiger partial charge is 0.444 e. The molecule has 1 radical (unpaired) electrons. The van der Waals surface area contributed by atoms with Gasteiger partial charge in [0.25, 0.3) is 0 Å². The molecule has 1 saturated heterocycles. The van der Waals surface area contributed by atoms with Crippen LogP contribution in [0.25, 0.3) is 0 Å². The van der Waals surface area contributed by atoms with Crippen LogP contribution in [0.15, 0.2) is 0 Å². The van der Waals surface area contributed by atoms with Crippen LogP contribution in [-0.2, 0) is 4.74 Å². The highest BCUT2D eigenvalue weighted by atomic mass is 16.6. The van der Waals surface area contributed by atoms with Gasteiger partial charge in [-0.15, -0.1) is 0 Å². The van der Waals surface area contributed by atoms with Crippen molar-refractivity contribution in [1.82, 2.24) is 10.2 Å². The third kappa shape index (κ3) is 4.46. The number of hydrogen-bond donors (Lipinski definition) is 1. The zero-order chi connectivity index (χ0) is 10.6. The van der Waals surface area contributed by atoms with Crippen molar-refractivity contribution in [1.29, 1.82) is 0 Å². The van der Waals surface area contributed by atoms with Crippen molar-refractivity contribution >= 4 is 6.09 Å². The van der Waals surface area contributed by atoms with E-state index >= 15 is 0 Å². The van der Waals surface area contributed by atoms with Crippen LogP contribution >= 0.6 is 0 Å². The first-order valence-corrected chi connectivity index (χ1v) is 5.04. The molecule has 1 aliphatic heterocycles. The Morgan fingerprint density at radius 1 is 1.36 bits per heavy atom. The number of ether oxygens (including phenoxy) is 1. The molecule has 14 heavy (non-hydrogen) atoms. The second-order valence-electron chi connectivity index (χ2n) is 4.52. The molecule has 1 aliphatic rings. The van der Waals surface area contributed by atoms with Crippen LogP contribution in [-0.4, -0.2) is 29.7 Å². The molecule has 1 rings (SSSR count). The SMILES string of the molecule is CC(C)(C)OC(=O)N[CH]N1CCCC1. The number of amides is 1. The van der Waals surface area contributed by atoms with E-state index in [-0.39, 0.29) is 6.09 Å². The molecule has 0 aromatic carbocycles. The summed E-state index contributed by atoms with van der Waals surface area (Å²) in [7, 11) is 0. The van der Waals surface area contributed by atoms with Crippen molar-refractivity contribution in [3.05, 3.63) is 6.67 Å². The number of hydrogen-bond acceptors (Lipinski definition) is 3. The van der Waals surface area contributed by atoms with Crippen molar-refractivity contribution in [2.45, 2.75) is 39.2 Å². The predicted molar refractivity (Wildman–Crippen MR) is 54.5 cm³/mol. The van der Waals surface area contributed by atoms with E-state index in [1.807, 2.05) is 20.8 Å². The fourth-order valence-corrected chi connectivity index (χ4v) is 1.32. The normalized spacial score (nSPS) is 18.2. The van der Waals surface area contributed by atoms with Crippen molar-refractivity contribution in [3.8, 4) is 0 Å². The molecule has 81 valence electrons. The molecular weight excluding hydrogens is 180 g/mol. The molecule has 0 aromatic rings. The van der Waals surface area contributed by atoms with Gasteiger partial charge in [-0.1, -0.05) is 0 Å². The highest BCUT2D eigenvalue weighted by Crippen LogP contribution is 2.09. The van der Waals surface area contributed by atoms with Gasteiger partial charge in [0.15, 0.2) is 0 Å². The molecule has 1 N–H and O–H groups in total. The molecule has 0 spiro atoms. The Bertz CT molecular complexity index is 193. The fourth-order valence-electron chi connectivity index (χ4n) is 1.32. The average molecular weight is 199 g/mol. The molecule has 0 aromatic heterocycles. The summed E-state index contributed by atoms with van der Waals surface area (Å²) in [6, 6.07) is 0. The van der Waals surface area contributed by atoms with E-state index in [0.717, 1.165) is 13.1 Å². The van der Waals surface area contributed by atoms with Gasteiger partial charge in [0.2, 0.25) is 0 Å². The van der Waals surface area contributed by atoms with Gasteiger partial charge in [0, 0.05) is 13.1 Å². The van der Waals surface area contributed by atoms with Crippen LogP contribution in [0, 0.1) is 6.67 Å². The molecule has 1 amide bonds. The summed E-state index contributed by atoms with van der Waals surface area (Å²) in [5.74, 6) is 0. The zero-order valence-electron chi connectivity index (χ0n) is 9.17. The standard InChI is InChI=1S/C10H19N2O2/c1-10(2,3)14-9(13)11-8-12-6-4-5-7-12/h8H,4-7H2,1-3H3,(H,11,13). The minimum atomic E-state index is -0.428. The van der Waals surface area contributed by atoms with E-state index in [2.05, 4.69) is 10.2 Å². The number of alkyl carbamates (subject to hydrolysis) is 1. The van der Waals surface area contributed by atoms with Gasteiger partial charge in [-0.25, -0.2) is 4.79 Å². The fraction of sp³-hybridized carbons (Fsp3) is 0.800. The summed E-state index contributed by atoms with van der Waals surface area (Å²) in [6.45, 7) is 9.31. The number of carbonyl (C=O) groups excluding carboxylic acids is 1. The van der Waals surface area contributed by atoms with Crippen molar-refractivity contribution in [2.75, 3.05) is 13.1 Å². The summed E-state index contributed by atoms with van der Waals surface area (Å²) in [6.07, 6.45) is 2.02. The molecule has 0 bridgehead atoms. The second-order valence-corrected chi connectivity index (χ2v) is 4.52. The first kappa shape index (κ1) is 11.3. The van der Waals surface area contributed by atoms with Crippen molar-refractivity contribution < 1.29 is 9.53 Å². The van der Waals surface area contributed by atoms with E-state index in [1.165, 1.54) is 12.8 Å². The lowest BCUT2D eigenvalue weighted by Gasteiger charge is -2.21. The first-order valence-electron chi connectivity index (χ1n) is 5.04. The average Bonchev–Trinajstić information content (AvgIpc) is 2.49. The number of rotatable bonds is 2. The lowest BCUT2D eigenvalue weighted by molar-refractivity contribution is 0.0525. The summed E-state index contributed by atoms with van der Waals surface area (Å²) in [4.78, 5) is 13.3. The number of nitrogens with zero attached hydrogens (tertiary/aromatic N) is 1. The third-order valence-electron chi connectivity index (χ3n) is 1.90. The molecule has 0 unspecified atom stereocenters. The first-order chi connectivity index (χ1) is 6.47. The highest BCUT2D eigenvalue weighted by molar-refractivity contribution is 5.68. The maximum atomic E-state index is 11.2. The Balaban J connectivity index is 2.14. The van der Waals surface area contributed by atoms with Crippen LogP contribution in [0.4, 0.5) is 4.79 Å². The van der Waals surface area contributed by atoms with Crippen LogP contribution in [0.5, 0.6) is 0 Å². The van der Waals surface area contributed by atoms with Crippen LogP contribution in [0.3, 0.4) is 0 Å². The van der Waals surface area contributed by atoms with Gasteiger partial charge >= 0.3 is 6.09 Å². The Hall–Kier alpha value is -0.770. The maximum absolute atomic E-state index is 11.2. The smallest absolute Gasteiger partial charge is 0.409 e. The Morgan fingerprint density at radius 3 is 2.43 bits per heavy atom. The molecule has 4 heteroatoms. The quantitative estimate of drug-likeness (QED) is 0.736. The van der Waals surface area contributed by atoms with E-state index < -0.39 is 5.60 Å². The van der Waals surface area contributed by atoms with Crippen LogP contribution in [0.2, 0.25) is 0 Å². The molecule has 1 heterocycles. The van der Waals surface area contributed by atoms with Gasteiger partial charge in [-0.3, -0.25) is 4.90 Å². The van der Waals surface area contributed by atoms with Crippen molar-refractivity contribution in [2.24, 2.45) is 0 Å². The second kappa shape index (κ2) is 4.64. The Morgan fingerprint density at radius 2 is 1.93 bits per heavy atom. The molecule has 1 fully saturated rings. The van der Waals surface area contributed by atoms with E-state index in [0.29, 0.717) is 0 Å². The molecule has 4 nitrogen and oxygen atoms in total. The maximum Gasteiger partial charge on any atom is 0.409 e. The molecule has 0 atom stereocenters. The number of nitrogens with one attached hydrogen (secondary N) is 1. The van der Waals surface area contributed by atoms with E-state index in [1.54, 1.807) is 6.67 Å². The molecule has 0 aliphatic carbocycles. The Labute approximate surface area is 85.6 Å². The lowest BCUT2D eigenvalue weighted by atomic mass is 10.2. The topological polar surface area (TPSA) is 41.6 Å². The van der Waals surface area contributed by atoms with Crippen molar-refractivity contribution in [3.63, 3.8) is 0 Å². The Kier molecular flexibility index (Phi) is 3.75. The van der Waals surface area contributed by atoms with Gasteiger partial charge in [0.1, 0.15) is 12.3 Å². The van der Waals surface area contributed by atoms with Gasteiger partial charge in [0.05, 0.1) is 0 Å². The predicted octanol–water partition coefficient (Wildman–Crippen LogP) is 1.73. The minimum absolute atomic E-state index is 0.385. The van der Waals surface area contributed by atoms with Crippen LogP contribution < -0.4 is 5.32 Å². The summed E-state index contributed by atoms with van der Waals surface area (Å²) >= 11 is 0. The number of carbonyl (C=O) groups is 1. The monoisotopic (exact) mass is 199 g/mol. The van der Waals surface area contributed by atoms with Gasteiger partial charge in [-0.2, -0.15) is 0 Å². The van der Waals surface area contributed by atoms with E-state index in [9.17, 15) is 4.79 Å². The number of likely N-dealkylation sites (tertiary alicyclic amines) is 1. The van der Waals surface area contributed by atoms with E-state index in [4.69, 9.17) is 4.74 Å². The highest BCUT2D eigenvalue weighted by Gasteiger charge is 2.17. The summed E-state index contributed by atoms with van der Waals surface area (Å²) in [5.41, 5.74) is -0.428. The van der Waals surface area contributed by atoms with Gasteiger partial charge in [-0.05, 0) is 33.6 Å². The zero-order valence-corrected chi connectivity index (χ0v) is 9.17.